The lowest BCUT2D eigenvalue weighted by Gasteiger charge is -2.36. The van der Waals surface area contributed by atoms with Crippen LogP contribution in [0.15, 0.2) is 42.5 Å². The maximum atomic E-state index is 11.2. The zero-order valence-corrected chi connectivity index (χ0v) is 16.8. The largest absolute Gasteiger partial charge is 0.495 e. The molecule has 3 rings (SSSR count). The molecule has 0 aromatic heterocycles. The van der Waals surface area contributed by atoms with Gasteiger partial charge in [0, 0.05) is 39.6 Å². The predicted molar refractivity (Wildman–Crippen MR) is 110 cm³/mol. The minimum absolute atomic E-state index is 0.348. The quantitative estimate of drug-likeness (QED) is 0.540. The summed E-state index contributed by atoms with van der Waals surface area (Å²) >= 11 is 0. The zero-order valence-electron chi connectivity index (χ0n) is 16.8. The summed E-state index contributed by atoms with van der Waals surface area (Å²) in [5, 5.41) is 0. The van der Waals surface area contributed by atoms with Gasteiger partial charge in [0.1, 0.15) is 5.75 Å². The van der Waals surface area contributed by atoms with Crippen molar-refractivity contribution in [1.29, 1.82) is 0 Å². The highest BCUT2D eigenvalue weighted by atomic mass is 16.6. The molecule has 6 nitrogen and oxygen atoms in total. The van der Waals surface area contributed by atoms with Crippen LogP contribution in [-0.4, -0.2) is 57.8 Å². The molecule has 28 heavy (non-hydrogen) atoms. The van der Waals surface area contributed by atoms with Crippen LogP contribution in [0.2, 0.25) is 0 Å². The lowest BCUT2D eigenvalue weighted by molar-refractivity contribution is -0.132. The fraction of sp³-hybridized carbons (Fsp3) is 0.409. The Morgan fingerprint density at radius 1 is 0.929 bits per heavy atom. The Bertz CT molecular complexity index is 801. The van der Waals surface area contributed by atoms with Crippen LogP contribution >= 0.6 is 0 Å². The van der Waals surface area contributed by atoms with Gasteiger partial charge in [-0.15, -0.1) is 0 Å². The van der Waals surface area contributed by atoms with Gasteiger partial charge in [0.15, 0.2) is 11.5 Å². The lowest BCUT2D eigenvalue weighted by Crippen LogP contribution is -2.47. The van der Waals surface area contributed by atoms with Crippen molar-refractivity contribution in [3.63, 3.8) is 0 Å². The number of rotatable bonds is 7. The average Bonchev–Trinajstić information content (AvgIpc) is 2.73. The number of para-hydroxylation sites is 2. The van der Waals surface area contributed by atoms with Gasteiger partial charge in [-0.05, 0) is 36.2 Å². The van der Waals surface area contributed by atoms with E-state index >= 15 is 0 Å². The molecule has 1 heterocycles. The molecule has 6 heteroatoms. The molecule has 2 aromatic rings. The van der Waals surface area contributed by atoms with Crippen molar-refractivity contribution in [2.45, 2.75) is 13.3 Å². The summed E-state index contributed by atoms with van der Waals surface area (Å²) < 4.78 is 16.0. The summed E-state index contributed by atoms with van der Waals surface area (Å²) in [6.45, 7) is 6.36. The molecule has 0 N–H and O–H groups in total. The highest BCUT2D eigenvalue weighted by molar-refractivity contribution is 5.70. The first-order valence-corrected chi connectivity index (χ1v) is 9.56. The van der Waals surface area contributed by atoms with E-state index in [1.807, 2.05) is 24.3 Å². The highest BCUT2D eigenvalue weighted by Crippen LogP contribution is 2.29. The van der Waals surface area contributed by atoms with E-state index in [4.69, 9.17) is 14.2 Å². The van der Waals surface area contributed by atoms with Gasteiger partial charge in [-0.25, -0.2) is 0 Å². The molecule has 0 aliphatic carbocycles. The number of methoxy groups -OCH3 is 2. The molecule has 0 amide bonds. The number of carbonyl (C=O) groups is 1. The van der Waals surface area contributed by atoms with Crippen LogP contribution in [0.25, 0.3) is 0 Å². The maximum absolute atomic E-state index is 11.2. The maximum Gasteiger partial charge on any atom is 0.308 e. The normalized spacial score (nSPS) is 14.6. The van der Waals surface area contributed by atoms with Crippen LogP contribution in [-0.2, 0) is 11.2 Å². The van der Waals surface area contributed by atoms with Gasteiger partial charge < -0.3 is 19.1 Å². The second-order valence-corrected chi connectivity index (χ2v) is 6.83. The van der Waals surface area contributed by atoms with E-state index < -0.39 is 0 Å². The third-order valence-corrected chi connectivity index (χ3v) is 5.00. The first-order valence-electron chi connectivity index (χ1n) is 9.56. The van der Waals surface area contributed by atoms with Crippen molar-refractivity contribution in [3.8, 4) is 17.2 Å². The number of ether oxygens (including phenoxy) is 3. The molecule has 0 saturated carbocycles. The highest BCUT2D eigenvalue weighted by Gasteiger charge is 2.19. The van der Waals surface area contributed by atoms with Gasteiger partial charge >= 0.3 is 5.97 Å². The number of esters is 1. The molecule has 0 radical (unpaired) electrons. The average molecular weight is 384 g/mol. The number of carbonyl (C=O) groups excluding carboxylic acids is 1. The second kappa shape index (κ2) is 9.46. The van der Waals surface area contributed by atoms with Gasteiger partial charge in [0.2, 0.25) is 0 Å². The van der Waals surface area contributed by atoms with Crippen LogP contribution in [0.1, 0.15) is 12.5 Å². The van der Waals surface area contributed by atoms with Crippen LogP contribution in [0.5, 0.6) is 17.2 Å². The Kier molecular flexibility index (Phi) is 6.76. The molecular weight excluding hydrogens is 356 g/mol. The molecule has 1 aliphatic heterocycles. The van der Waals surface area contributed by atoms with Crippen molar-refractivity contribution in [1.82, 2.24) is 4.90 Å². The van der Waals surface area contributed by atoms with E-state index in [9.17, 15) is 4.79 Å². The molecule has 0 bridgehead atoms. The van der Waals surface area contributed by atoms with Crippen LogP contribution in [0.4, 0.5) is 5.69 Å². The van der Waals surface area contributed by atoms with Crippen molar-refractivity contribution < 1.29 is 19.0 Å². The van der Waals surface area contributed by atoms with E-state index in [2.05, 4.69) is 21.9 Å². The minimum atomic E-state index is -0.348. The van der Waals surface area contributed by atoms with Crippen LogP contribution in [0.3, 0.4) is 0 Å². The fourth-order valence-electron chi connectivity index (χ4n) is 3.50. The monoisotopic (exact) mass is 384 g/mol. The third kappa shape index (κ3) is 4.95. The molecule has 1 saturated heterocycles. The topological polar surface area (TPSA) is 51.2 Å². The number of hydrogen-bond acceptors (Lipinski definition) is 6. The Morgan fingerprint density at radius 3 is 2.32 bits per heavy atom. The van der Waals surface area contributed by atoms with Gasteiger partial charge in [0.05, 0.1) is 19.9 Å². The molecule has 0 spiro atoms. The molecule has 150 valence electrons. The Hall–Kier alpha value is -2.73. The third-order valence-electron chi connectivity index (χ3n) is 5.00. The summed E-state index contributed by atoms with van der Waals surface area (Å²) in [5.41, 5.74) is 2.33. The van der Waals surface area contributed by atoms with Crippen molar-refractivity contribution in [2.75, 3.05) is 51.8 Å². The van der Waals surface area contributed by atoms with Gasteiger partial charge in [-0.2, -0.15) is 0 Å². The van der Waals surface area contributed by atoms with Gasteiger partial charge in [0.25, 0.3) is 0 Å². The van der Waals surface area contributed by atoms with E-state index in [0.29, 0.717) is 11.5 Å². The summed E-state index contributed by atoms with van der Waals surface area (Å²) in [4.78, 5) is 16.0. The minimum Gasteiger partial charge on any atom is -0.495 e. The molecular formula is C22H28N2O4. The number of nitrogens with zero attached hydrogens (tertiary/aromatic N) is 2. The summed E-state index contributed by atoms with van der Waals surface area (Å²) in [7, 11) is 3.30. The van der Waals surface area contributed by atoms with Crippen molar-refractivity contribution >= 4 is 11.7 Å². The second-order valence-electron chi connectivity index (χ2n) is 6.83. The van der Waals surface area contributed by atoms with E-state index in [-0.39, 0.29) is 5.97 Å². The SMILES string of the molecule is COc1cc(CCN2CCN(c3ccccc3OC)CC2)ccc1OC(C)=O. The Labute approximate surface area is 166 Å². The molecule has 1 aliphatic rings. The molecule has 0 atom stereocenters. The first-order chi connectivity index (χ1) is 13.6. The van der Waals surface area contributed by atoms with Gasteiger partial charge in [-0.1, -0.05) is 18.2 Å². The predicted octanol–water partition coefficient (Wildman–Crippen LogP) is 2.99. The molecule has 0 unspecified atom stereocenters. The fourth-order valence-corrected chi connectivity index (χ4v) is 3.50. The van der Waals surface area contributed by atoms with E-state index in [1.54, 1.807) is 20.3 Å². The van der Waals surface area contributed by atoms with Gasteiger partial charge in [-0.3, -0.25) is 9.69 Å². The molecule has 2 aromatic carbocycles. The summed E-state index contributed by atoms with van der Waals surface area (Å²) in [6.07, 6.45) is 0.922. The number of anilines is 1. The summed E-state index contributed by atoms with van der Waals surface area (Å²) in [5.74, 6) is 1.63. The van der Waals surface area contributed by atoms with Crippen molar-refractivity contribution in [2.24, 2.45) is 0 Å². The van der Waals surface area contributed by atoms with Crippen LogP contribution in [0, 0.1) is 0 Å². The standard InChI is InChI=1S/C22H28N2O4/c1-17(25)28-21-9-8-18(16-22(21)27-3)10-11-23-12-14-24(15-13-23)19-6-4-5-7-20(19)26-2/h4-9,16H,10-15H2,1-3H3. The number of hydrogen-bond donors (Lipinski definition) is 0. The zero-order chi connectivity index (χ0) is 19.9. The van der Waals surface area contributed by atoms with Crippen LogP contribution < -0.4 is 19.1 Å². The number of piperazine rings is 1. The first kappa shape index (κ1) is 20.0. The smallest absolute Gasteiger partial charge is 0.308 e. The van der Waals surface area contributed by atoms with E-state index in [1.165, 1.54) is 12.5 Å². The Balaban J connectivity index is 1.53. The molecule has 1 fully saturated rings. The van der Waals surface area contributed by atoms with Crippen molar-refractivity contribution in [3.05, 3.63) is 48.0 Å². The number of benzene rings is 2. The Morgan fingerprint density at radius 2 is 1.64 bits per heavy atom. The lowest BCUT2D eigenvalue weighted by atomic mass is 10.1. The summed E-state index contributed by atoms with van der Waals surface area (Å²) in [6, 6.07) is 13.9. The van der Waals surface area contributed by atoms with E-state index in [0.717, 1.165) is 50.6 Å².